The lowest BCUT2D eigenvalue weighted by atomic mass is 10.0. The van der Waals surface area contributed by atoms with Crippen molar-refractivity contribution in [2.24, 2.45) is 4.99 Å². The molecule has 156 valence electrons. The second-order valence-electron chi connectivity index (χ2n) is 7.10. The fraction of sp³-hybridized carbons (Fsp3) is 0.174. The minimum atomic E-state index is -0.600. The molecular weight excluding hydrogens is 396 g/mol. The summed E-state index contributed by atoms with van der Waals surface area (Å²) in [6.07, 6.45) is 1.32. The molecular formula is C23H20N4O4. The lowest BCUT2D eigenvalue weighted by Crippen LogP contribution is -2.28. The molecule has 3 rings (SSSR count). The highest BCUT2D eigenvalue weighted by Crippen LogP contribution is 2.28. The van der Waals surface area contributed by atoms with Crippen LogP contribution in [0.15, 0.2) is 58.3 Å². The second-order valence-corrected chi connectivity index (χ2v) is 7.10. The van der Waals surface area contributed by atoms with E-state index in [1.807, 2.05) is 36.4 Å². The number of benzene rings is 2. The van der Waals surface area contributed by atoms with Crippen LogP contribution in [0.5, 0.6) is 5.88 Å². The Morgan fingerprint density at radius 2 is 1.90 bits per heavy atom. The van der Waals surface area contributed by atoms with Crippen LogP contribution in [0.2, 0.25) is 0 Å². The maximum atomic E-state index is 12.9. The quantitative estimate of drug-likeness (QED) is 0.377. The molecule has 3 aromatic rings. The van der Waals surface area contributed by atoms with Crippen molar-refractivity contribution < 1.29 is 10.0 Å². The van der Waals surface area contributed by atoms with Crippen LogP contribution in [-0.2, 0) is 0 Å². The lowest BCUT2D eigenvalue weighted by molar-refractivity contribution is -0.384. The molecule has 1 heterocycles. The van der Waals surface area contributed by atoms with E-state index in [2.05, 4.69) is 4.99 Å². The van der Waals surface area contributed by atoms with E-state index in [-0.39, 0.29) is 28.3 Å². The Morgan fingerprint density at radius 3 is 2.52 bits per heavy atom. The summed E-state index contributed by atoms with van der Waals surface area (Å²) in [5, 5.41) is 31.6. The van der Waals surface area contributed by atoms with Gasteiger partial charge in [-0.1, -0.05) is 36.4 Å². The molecule has 0 saturated carbocycles. The Morgan fingerprint density at radius 1 is 1.23 bits per heavy atom. The van der Waals surface area contributed by atoms with Crippen LogP contribution in [0.1, 0.15) is 40.8 Å². The van der Waals surface area contributed by atoms with Crippen molar-refractivity contribution in [3.05, 3.63) is 96.8 Å². The van der Waals surface area contributed by atoms with Crippen LogP contribution in [0.4, 0.5) is 11.4 Å². The number of nitriles is 1. The first kappa shape index (κ1) is 21.5. The molecule has 0 aliphatic carbocycles. The Balaban J connectivity index is 2.19. The van der Waals surface area contributed by atoms with Gasteiger partial charge in [-0.25, -0.2) is 0 Å². The highest BCUT2D eigenvalue weighted by atomic mass is 16.6. The van der Waals surface area contributed by atoms with E-state index in [1.54, 1.807) is 26.8 Å². The molecule has 8 heteroatoms. The molecule has 0 radical (unpaired) electrons. The summed E-state index contributed by atoms with van der Waals surface area (Å²) in [5.74, 6) is -0.329. The zero-order valence-electron chi connectivity index (χ0n) is 17.2. The molecule has 0 spiro atoms. The fourth-order valence-electron chi connectivity index (χ4n) is 3.32. The molecule has 0 aliphatic heterocycles. The van der Waals surface area contributed by atoms with Gasteiger partial charge in [-0.3, -0.25) is 24.5 Å². The first-order valence-electron chi connectivity index (χ1n) is 9.48. The van der Waals surface area contributed by atoms with Crippen molar-refractivity contribution in [1.29, 1.82) is 5.26 Å². The summed E-state index contributed by atoms with van der Waals surface area (Å²) in [5.41, 5.74) is 1.50. The van der Waals surface area contributed by atoms with E-state index < -0.39 is 16.5 Å². The number of aliphatic imine (C=N–C) groups is 1. The third kappa shape index (κ3) is 4.07. The van der Waals surface area contributed by atoms with E-state index in [4.69, 9.17) is 0 Å². The van der Waals surface area contributed by atoms with Gasteiger partial charge in [-0.2, -0.15) is 5.26 Å². The van der Waals surface area contributed by atoms with Crippen LogP contribution in [0.25, 0.3) is 0 Å². The predicted molar refractivity (Wildman–Crippen MR) is 117 cm³/mol. The zero-order chi connectivity index (χ0) is 22.7. The normalized spacial score (nSPS) is 11.9. The minimum Gasteiger partial charge on any atom is -0.494 e. The average Bonchev–Trinajstić information content (AvgIpc) is 2.75. The standard InChI is InChI=1S/C23H20N4O4/c1-14-9-10-18(27(30)31)11-21(14)25-13-20-15(2)19(12-24)22(28)26(23(20)29)16(3)17-7-5-4-6-8-17/h4-11,13,16,29H,1-3H3. The van der Waals surface area contributed by atoms with Crippen LogP contribution in [0.3, 0.4) is 0 Å². The number of aromatic hydroxyl groups is 1. The molecule has 1 aromatic heterocycles. The first-order valence-corrected chi connectivity index (χ1v) is 9.48. The number of nitro groups is 1. The Kier molecular flexibility index (Phi) is 5.97. The second kappa shape index (κ2) is 8.63. The minimum absolute atomic E-state index is 0.0993. The number of aryl methyl sites for hydroxylation is 1. The van der Waals surface area contributed by atoms with Crippen molar-refractivity contribution in [3.8, 4) is 11.9 Å². The number of hydrogen-bond acceptors (Lipinski definition) is 6. The summed E-state index contributed by atoms with van der Waals surface area (Å²) in [7, 11) is 0. The highest BCUT2D eigenvalue weighted by Gasteiger charge is 2.22. The molecule has 0 saturated heterocycles. The molecule has 31 heavy (non-hydrogen) atoms. The van der Waals surface area contributed by atoms with Gasteiger partial charge in [0.25, 0.3) is 11.2 Å². The van der Waals surface area contributed by atoms with Crippen molar-refractivity contribution in [1.82, 2.24) is 4.57 Å². The summed E-state index contributed by atoms with van der Waals surface area (Å²) in [6, 6.07) is 14.8. The smallest absolute Gasteiger partial charge is 0.272 e. The molecule has 1 unspecified atom stereocenters. The molecule has 2 aromatic carbocycles. The summed E-state index contributed by atoms with van der Waals surface area (Å²) in [4.78, 5) is 27.8. The van der Waals surface area contributed by atoms with Gasteiger partial charge < -0.3 is 5.11 Å². The SMILES string of the molecule is Cc1ccc([N+](=O)[O-])cc1N=Cc1c(C)c(C#N)c(=O)n(C(C)c2ccccc2)c1O. The molecule has 0 bridgehead atoms. The topological polar surface area (TPSA) is 122 Å². The third-order valence-corrected chi connectivity index (χ3v) is 5.20. The van der Waals surface area contributed by atoms with Gasteiger partial charge >= 0.3 is 0 Å². The molecule has 0 aliphatic rings. The molecule has 1 N–H and O–H groups in total. The van der Waals surface area contributed by atoms with Gasteiger partial charge in [0.15, 0.2) is 0 Å². The number of nitrogens with zero attached hydrogens (tertiary/aromatic N) is 4. The molecule has 8 nitrogen and oxygen atoms in total. The van der Waals surface area contributed by atoms with Crippen LogP contribution in [0, 0.1) is 35.3 Å². The lowest BCUT2D eigenvalue weighted by Gasteiger charge is -2.20. The van der Waals surface area contributed by atoms with Crippen molar-refractivity contribution in [3.63, 3.8) is 0 Å². The van der Waals surface area contributed by atoms with Crippen molar-refractivity contribution in [2.75, 3.05) is 0 Å². The Hall–Kier alpha value is -4.25. The van der Waals surface area contributed by atoms with Gasteiger partial charge in [-0.05, 0) is 37.5 Å². The third-order valence-electron chi connectivity index (χ3n) is 5.20. The molecule has 1 atom stereocenters. The van der Waals surface area contributed by atoms with Gasteiger partial charge in [-0.15, -0.1) is 0 Å². The number of non-ortho nitro benzene ring substituents is 1. The van der Waals surface area contributed by atoms with Crippen LogP contribution < -0.4 is 5.56 Å². The summed E-state index contributed by atoms with van der Waals surface area (Å²) < 4.78 is 1.16. The fourth-order valence-corrected chi connectivity index (χ4v) is 3.32. The molecule has 0 amide bonds. The molecule has 0 fully saturated rings. The number of aromatic nitrogens is 1. The predicted octanol–water partition coefficient (Wildman–Crippen LogP) is 4.31. The van der Waals surface area contributed by atoms with Crippen LogP contribution >= 0.6 is 0 Å². The first-order chi connectivity index (χ1) is 14.8. The van der Waals surface area contributed by atoms with Gasteiger partial charge in [0.05, 0.1) is 22.2 Å². The van der Waals surface area contributed by atoms with E-state index in [1.165, 1.54) is 18.3 Å². The number of hydrogen-bond donors (Lipinski definition) is 1. The van der Waals surface area contributed by atoms with Gasteiger partial charge in [0.2, 0.25) is 5.88 Å². The zero-order valence-corrected chi connectivity index (χ0v) is 17.2. The largest absolute Gasteiger partial charge is 0.494 e. The van der Waals surface area contributed by atoms with Crippen LogP contribution in [-0.4, -0.2) is 20.8 Å². The maximum absolute atomic E-state index is 12.9. The average molecular weight is 416 g/mol. The van der Waals surface area contributed by atoms with Gasteiger partial charge in [0.1, 0.15) is 11.6 Å². The Bertz CT molecular complexity index is 1290. The summed E-state index contributed by atoms with van der Waals surface area (Å²) >= 11 is 0. The maximum Gasteiger partial charge on any atom is 0.272 e. The van der Waals surface area contributed by atoms with E-state index >= 15 is 0 Å². The summed E-state index contributed by atoms with van der Waals surface area (Å²) in [6.45, 7) is 5.06. The van der Waals surface area contributed by atoms with E-state index in [0.29, 0.717) is 11.3 Å². The van der Waals surface area contributed by atoms with Crippen molar-refractivity contribution >= 4 is 17.6 Å². The highest BCUT2D eigenvalue weighted by molar-refractivity contribution is 5.87. The van der Waals surface area contributed by atoms with E-state index in [0.717, 1.165) is 10.1 Å². The number of rotatable bonds is 5. The van der Waals surface area contributed by atoms with Crippen molar-refractivity contribution in [2.45, 2.75) is 26.8 Å². The van der Waals surface area contributed by atoms with Gasteiger partial charge in [0, 0.05) is 18.3 Å². The Labute approximate surface area is 178 Å². The van der Waals surface area contributed by atoms with E-state index in [9.17, 15) is 25.3 Å². The number of nitro benzene ring substituents is 1. The monoisotopic (exact) mass is 416 g/mol. The number of pyridine rings is 1.